The van der Waals surface area contributed by atoms with Crippen LogP contribution in [0.25, 0.3) is 11.3 Å². The highest BCUT2D eigenvalue weighted by Gasteiger charge is 2.35. The van der Waals surface area contributed by atoms with Gasteiger partial charge in [-0.25, -0.2) is 23.1 Å². The van der Waals surface area contributed by atoms with E-state index >= 15 is 8.78 Å². The van der Waals surface area contributed by atoms with Gasteiger partial charge in [0.2, 0.25) is 5.88 Å². The van der Waals surface area contributed by atoms with Gasteiger partial charge in [-0.3, -0.25) is 4.79 Å². The predicted octanol–water partition coefficient (Wildman–Crippen LogP) is 3.86. The fraction of sp³-hybridized carbons (Fsp3) is 0.452. The Kier molecular flexibility index (Phi) is 8.25. The van der Waals surface area contributed by atoms with E-state index < -0.39 is 46.8 Å². The number of nitrogens with zero attached hydrogens (tertiary/aromatic N) is 3. The number of aliphatic hydroxyl groups is 1. The first-order valence-electron chi connectivity index (χ1n) is 14.6. The van der Waals surface area contributed by atoms with Crippen molar-refractivity contribution in [1.82, 2.24) is 9.97 Å². The molecule has 2 saturated heterocycles. The summed E-state index contributed by atoms with van der Waals surface area (Å²) in [7, 11) is 0. The van der Waals surface area contributed by atoms with Crippen LogP contribution >= 0.6 is 0 Å². The highest BCUT2D eigenvalue weighted by Crippen LogP contribution is 2.40. The number of nitrogens with two attached hydrogens (primary N) is 1. The number of aromatic nitrogens is 2. The molecule has 43 heavy (non-hydrogen) atoms. The van der Waals surface area contributed by atoms with Crippen molar-refractivity contribution in [3.05, 3.63) is 64.7 Å². The number of aliphatic hydroxyl groups excluding tert-OH is 1. The molecule has 9 nitrogen and oxygen atoms in total. The molecule has 0 spiro atoms. The molecule has 12 heteroatoms. The summed E-state index contributed by atoms with van der Waals surface area (Å²) in [6.45, 7) is 4.35. The minimum absolute atomic E-state index is 0.132. The van der Waals surface area contributed by atoms with Gasteiger partial charge in [0.25, 0.3) is 5.91 Å². The number of halogens is 3. The zero-order valence-electron chi connectivity index (χ0n) is 23.8. The summed E-state index contributed by atoms with van der Waals surface area (Å²) in [5, 5.41) is 13.2. The van der Waals surface area contributed by atoms with Gasteiger partial charge in [0.05, 0.1) is 35.8 Å². The van der Waals surface area contributed by atoms with Gasteiger partial charge in [-0.1, -0.05) is 6.92 Å². The van der Waals surface area contributed by atoms with E-state index in [0.717, 1.165) is 30.5 Å². The molecule has 6 rings (SSSR count). The molecule has 0 bridgehead atoms. The smallest absolute Gasteiger partial charge is 0.274 e. The van der Waals surface area contributed by atoms with Gasteiger partial charge < -0.3 is 30.5 Å². The molecule has 1 amide bonds. The summed E-state index contributed by atoms with van der Waals surface area (Å²) in [5.74, 6) is -3.13. The predicted molar refractivity (Wildman–Crippen MR) is 154 cm³/mol. The Hall–Kier alpha value is -3.74. The first-order chi connectivity index (χ1) is 20.7. The minimum Gasteiger partial charge on any atom is -0.477 e. The molecule has 4 N–H and O–H groups in total. The Labute approximate surface area is 247 Å². The highest BCUT2D eigenvalue weighted by atomic mass is 19.1. The highest BCUT2D eigenvalue weighted by molar-refractivity contribution is 6.05. The van der Waals surface area contributed by atoms with E-state index in [1.165, 1.54) is 18.3 Å². The number of anilines is 2. The second-order valence-corrected chi connectivity index (χ2v) is 11.6. The third-order valence-corrected chi connectivity index (χ3v) is 8.42. The molecule has 0 radical (unpaired) electrons. The minimum atomic E-state index is -0.963. The first-order valence-corrected chi connectivity index (χ1v) is 14.6. The molecule has 2 aromatic heterocycles. The van der Waals surface area contributed by atoms with Crippen molar-refractivity contribution in [3.63, 3.8) is 0 Å². The molecule has 228 valence electrons. The Balaban J connectivity index is 1.28. The van der Waals surface area contributed by atoms with Gasteiger partial charge in [0.1, 0.15) is 28.8 Å². The molecule has 3 aromatic rings. The summed E-state index contributed by atoms with van der Waals surface area (Å²) in [6, 6.07) is 3.98. The third kappa shape index (κ3) is 5.91. The largest absolute Gasteiger partial charge is 0.477 e. The van der Waals surface area contributed by atoms with E-state index in [9.17, 15) is 14.3 Å². The van der Waals surface area contributed by atoms with E-state index in [1.807, 2.05) is 11.8 Å². The molecule has 5 heterocycles. The lowest BCUT2D eigenvalue weighted by atomic mass is 9.92. The van der Waals surface area contributed by atoms with Gasteiger partial charge in [0, 0.05) is 50.2 Å². The lowest BCUT2D eigenvalue weighted by Gasteiger charge is -2.41. The average molecular weight is 598 g/mol. The van der Waals surface area contributed by atoms with Crippen LogP contribution in [-0.4, -0.2) is 66.0 Å². The van der Waals surface area contributed by atoms with Crippen molar-refractivity contribution < 1.29 is 32.5 Å². The van der Waals surface area contributed by atoms with Crippen LogP contribution in [0, 0.1) is 29.3 Å². The number of ether oxygens (including phenoxy) is 2. The van der Waals surface area contributed by atoms with Crippen LogP contribution in [-0.2, 0) is 17.6 Å². The number of rotatable bonds is 6. The van der Waals surface area contributed by atoms with Crippen molar-refractivity contribution in [2.45, 2.75) is 44.8 Å². The number of hydrogen-bond acceptors (Lipinski definition) is 8. The second kappa shape index (κ2) is 12.1. The van der Waals surface area contributed by atoms with Crippen LogP contribution in [0.1, 0.15) is 41.4 Å². The zero-order valence-corrected chi connectivity index (χ0v) is 23.8. The Morgan fingerprint density at radius 3 is 2.67 bits per heavy atom. The number of hydrogen-bond donors (Lipinski definition) is 3. The summed E-state index contributed by atoms with van der Waals surface area (Å²) in [6.07, 6.45) is 3.58. The first kappa shape index (κ1) is 29.3. The number of carbonyl (C=O) groups is 1. The van der Waals surface area contributed by atoms with Gasteiger partial charge >= 0.3 is 0 Å². The molecule has 1 aromatic carbocycles. The summed E-state index contributed by atoms with van der Waals surface area (Å²) in [5.41, 5.74) is 7.01. The van der Waals surface area contributed by atoms with Crippen molar-refractivity contribution in [3.8, 4) is 17.1 Å². The maximum atomic E-state index is 15.3. The molecule has 3 aliphatic rings. The summed E-state index contributed by atoms with van der Waals surface area (Å²) in [4.78, 5) is 23.8. The quantitative estimate of drug-likeness (QED) is 0.392. The average Bonchev–Trinajstić information content (AvgIpc) is 3.45. The third-order valence-electron chi connectivity index (χ3n) is 8.42. The number of piperidine rings is 1. The Morgan fingerprint density at radius 1 is 1.16 bits per heavy atom. The van der Waals surface area contributed by atoms with Gasteiger partial charge in [0.15, 0.2) is 0 Å². The van der Waals surface area contributed by atoms with Crippen LogP contribution < -0.4 is 20.7 Å². The molecule has 2 fully saturated rings. The van der Waals surface area contributed by atoms with E-state index in [-0.39, 0.29) is 17.5 Å². The van der Waals surface area contributed by atoms with Crippen molar-refractivity contribution in [1.29, 1.82) is 0 Å². The number of nitrogens with one attached hydrogen (secondary N) is 1. The number of carbonyl (C=O) groups excluding carboxylic acids is 1. The zero-order chi connectivity index (χ0) is 30.2. The van der Waals surface area contributed by atoms with E-state index in [4.69, 9.17) is 15.2 Å². The van der Waals surface area contributed by atoms with E-state index in [2.05, 4.69) is 15.3 Å². The van der Waals surface area contributed by atoms with E-state index in [1.54, 1.807) is 0 Å². The monoisotopic (exact) mass is 597 g/mol. The molecule has 0 aliphatic carbocycles. The van der Waals surface area contributed by atoms with Gasteiger partial charge in [-0.2, -0.15) is 0 Å². The summed E-state index contributed by atoms with van der Waals surface area (Å²) < 4.78 is 56.5. The SMILES string of the molecule is C[C@H]1CN(c2c(NC(=O)c3ccc(F)c(-c4c(F)cc(CC5CCCOC5)cc4F)n3)cnc3c2CCO3)C[C@@H](N)[C@@H]1O. The molecule has 3 aliphatic heterocycles. The standard InChI is InChI=1S/C31H34F3N5O4/c1-16-13-39(14-23(35)29(16)40)28-19-6-8-43-31(19)36-12-25(28)38-30(41)24-5-4-20(32)27(37-24)26-21(33)10-18(11-22(26)34)9-17-3-2-7-42-15-17/h4-5,10-12,16-17,23,29,40H,2-3,6-9,13-15,35H2,1H3,(H,38,41)/t16-,17?,23+,29+/m0/s1. The molecule has 0 saturated carbocycles. The second-order valence-electron chi connectivity index (χ2n) is 11.6. The van der Waals surface area contributed by atoms with Crippen molar-refractivity contribution >= 4 is 17.3 Å². The summed E-state index contributed by atoms with van der Waals surface area (Å²) >= 11 is 0. The fourth-order valence-corrected chi connectivity index (χ4v) is 6.28. The number of benzene rings is 1. The Morgan fingerprint density at radius 2 is 1.95 bits per heavy atom. The van der Waals surface area contributed by atoms with Crippen LogP contribution in [0.4, 0.5) is 24.5 Å². The maximum Gasteiger partial charge on any atom is 0.274 e. The molecule has 1 unspecified atom stereocenters. The lowest BCUT2D eigenvalue weighted by Crippen LogP contribution is -2.56. The lowest BCUT2D eigenvalue weighted by molar-refractivity contribution is 0.0550. The fourth-order valence-electron chi connectivity index (χ4n) is 6.28. The topological polar surface area (TPSA) is 123 Å². The maximum absolute atomic E-state index is 15.3. The van der Waals surface area contributed by atoms with Gasteiger partial charge in [-0.05, 0) is 55.0 Å². The van der Waals surface area contributed by atoms with Crippen LogP contribution in [0.2, 0.25) is 0 Å². The molecular formula is C31H34F3N5O4. The van der Waals surface area contributed by atoms with E-state index in [0.29, 0.717) is 68.6 Å². The normalized spacial score (nSPS) is 23.5. The van der Waals surface area contributed by atoms with Gasteiger partial charge in [-0.15, -0.1) is 0 Å². The number of amides is 1. The molecular weight excluding hydrogens is 563 g/mol. The van der Waals surface area contributed by atoms with Crippen molar-refractivity contribution in [2.24, 2.45) is 17.6 Å². The Bertz CT molecular complexity index is 1500. The van der Waals surface area contributed by atoms with Crippen LogP contribution in [0.3, 0.4) is 0 Å². The van der Waals surface area contributed by atoms with Crippen LogP contribution in [0.15, 0.2) is 30.5 Å². The molecule has 4 atom stereocenters. The number of pyridine rings is 2. The number of fused-ring (bicyclic) bond motifs is 1. The van der Waals surface area contributed by atoms with Crippen LogP contribution in [0.5, 0.6) is 5.88 Å². The van der Waals surface area contributed by atoms with Crippen molar-refractivity contribution in [2.75, 3.05) is 43.1 Å².